The van der Waals surface area contributed by atoms with Crippen molar-refractivity contribution in [2.75, 3.05) is 34.0 Å². The molecule has 0 fully saturated rings. The van der Waals surface area contributed by atoms with Crippen molar-refractivity contribution in [3.05, 3.63) is 107 Å². The maximum absolute atomic E-state index is 14.6. The van der Waals surface area contributed by atoms with Crippen molar-refractivity contribution in [3.8, 4) is 22.8 Å². The number of ether oxygens (including phenoxy) is 2. The predicted molar refractivity (Wildman–Crippen MR) is 167 cm³/mol. The molecule has 0 saturated carbocycles. The zero-order valence-corrected chi connectivity index (χ0v) is 25.6. The van der Waals surface area contributed by atoms with Gasteiger partial charge in [-0.15, -0.1) is 0 Å². The van der Waals surface area contributed by atoms with Gasteiger partial charge in [-0.3, -0.25) is 9.59 Å². The first-order valence-electron chi connectivity index (χ1n) is 15.1. The molecule has 0 saturated heterocycles. The minimum atomic E-state index is -4.54. The fourth-order valence-corrected chi connectivity index (χ4v) is 6.28. The fourth-order valence-electron chi connectivity index (χ4n) is 6.28. The highest BCUT2D eigenvalue weighted by Gasteiger charge is 2.45. The molecule has 4 heterocycles. The molecule has 2 amide bonds. The van der Waals surface area contributed by atoms with Crippen LogP contribution < -0.4 is 14.8 Å². The van der Waals surface area contributed by atoms with Gasteiger partial charge in [-0.05, 0) is 67.7 Å². The van der Waals surface area contributed by atoms with E-state index in [0.29, 0.717) is 30.2 Å². The van der Waals surface area contributed by atoms with Crippen LogP contribution in [0.5, 0.6) is 11.5 Å². The average Bonchev–Trinajstić information content (AvgIpc) is 3.81. The summed E-state index contributed by atoms with van der Waals surface area (Å²) in [6, 6.07) is 19.0. The first-order valence-corrected chi connectivity index (χ1v) is 15.1. The number of amides is 2. The number of H-pyrrole nitrogens is 1. The van der Waals surface area contributed by atoms with E-state index in [4.69, 9.17) is 13.9 Å². The van der Waals surface area contributed by atoms with Crippen molar-refractivity contribution >= 4 is 22.7 Å². The molecule has 0 spiro atoms. The number of aromatic nitrogens is 1. The van der Waals surface area contributed by atoms with E-state index in [2.05, 4.69) is 10.3 Å². The summed E-state index contributed by atoms with van der Waals surface area (Å²) in [4.78, 5) is 35.5. The van der Waals surface area contributed by atoms with Crippen molar-refractivity contribution in [1.29, 1.82) is 0 Å². The van der Waals surface area contributed by atoms with E-state index in [1.54, 1.807) is 12.1 Å². The summed E-state index contributed by atoms with van der Waals surface area (Å²) in [6.45, 7) is 1.01. The Morgan fingerprint density at radius 3 is 2.60 bits per heavy atom. The second-order valence-electron chi connectivity index (χ2n) is 11.8. The number of carbonyl (C=O) groups excluding carboxylic acids is 2. The highest BCUT2D eigenvalue weighted by Crippen LogP contribution is 2.44. The number of hydrogen-bond acceptors (Lipinski definition) is 6. The van der Waals surface area contributed by atoms with Gasteiger partial charge in [0.05, 0.1) is 11.6 Å². The second-order valence-corrected chi connectivity index (χ2v) is 11.8. The summed E-state index contributed by atoms with van der Waals surface area (Å²) in [5.41, 5.74) is 2.50. The number of rotatable bonds is 7. The van der Waals surface area contributed by atoms with Crippen LogP contribution in [0, 0.1) is 0 Å². The first kappa shape index (κ1) is 30.4. The summed E-state index contributed by atoms with van der Waals surface area (Å²) in [5, 5.41) is 3.93. The maximum Gasteiger partial charge on any atom is 0.416 e. The molecule has 12 heteroatoms. The number of fused-ring (bicyclic) bond motifs is 4. The molecule has 2 aliphatic heterocycles. The van der Waals surface area contributed by atoms with Crippen LogP contribution in [0.15, 0.2) is 83.3 Å². The highest BCUT2D eigenvalue weighted by atomic mass is 19.4. The number of halogens is 3. The number of alkyl halides is 3. The smallest absolute Gasteiger partial charge is 0.416 e. The normalized spacial score (nSPS) is 17.3. The van der Waals surface area contributed by atoms with Crippen molar-refractivity contribution in [3.63, 3.8) is 0 Å². The summed E-state index contributed by atoms with van der Waals surface area (Å²) in [7, 11) is 3.80. The van der Waals surface area contributed by atoms with Gasteiger partial charge in [0.25, 0.3) is 5.91 Å². The topological polar surface area (TPSA) is 100 Å². The molecule has 5 aromatic rings. The van der Waals surface area contributed by atoms with Crippen LogP contribution in [0.3, 0.4) is 0 Å². The lowest BCUT2D eigenvalue weighted by atomic mass is 9.87. The van der Waals surface area contributed by atoms with Crippen molar-refractivity contribution in [2.45, 2.75) is 24.7 Å². The lowest BCUT2D eigenvalue weighted by Gasteiger charge is -2.41. The minimum absolute atomic E-state index is 0.0609. The molecule has 47 heavy (non-hydrogen) atoms. The number of likely N-dealkylation sites (N-methyl/N-ethyl adjacent to an activating group) is 1. The van der Waals surface area contributed by atoms with Gasteiger partial charge in [-0.25, -0.2) is 0 Å². The van der Waals surface area contributed by atoms with Crippen LogP contribution in [0.2, 0.25) is 0 Å². The summed E-state index contributed by atoms with van der Waals surface area (Å²) in [6.07, 6.45) is -4.32. The molecule has 2 aromatic heterocycles. The molecular weight excluding hydrogens is 613 g/mol. The molecule has 2 atom stereocenters. The molecule has 2 aliphatic rings. The first-order chi connectivity index (χ1) is 22.6. The monoisotopic (exact) mass is 644 g/mol. The van der Waals surface area contributed by atoms with Crippen LogP contribution >= 0.6 is 0 Å². The zero-order chi connectivity index (χ0) is 32.9. The van der Waals surface area contributed by atoms with E-state index in [9.17, 15) is 22.8 Å². The van der Waals surface area contributed by atoms with Gasteiger partial charge in [-0.1, -0.05) is 36.4 Å². The van der Waals surface area contributed by atoms with Gasteiger partial charge >= 0.3 is 6.18 Å². The number of benzene rings is 3. The van der Waals surface area contributed by atoms with E-state index < -0.39 is 29.7 Å². The van der Waals surface area contributed by atoms with E-state index in [1.807, 2.05) is 49.3 Å². The van der Waals surface area contributed by atoms with Gasteiger partial charge in [0.2, 0.25) is 12.7 Å². The third-order valence-electron chi connectivity index (χ3n) is 8.53. The molecule has 2 N–H and O–H groups in total. The number of carbonyl (C=O) groups is 2. The lowest BCUT2D eigenvalue weighted by molar-refractivity contribution is -0.137. The van der Waals surface area contributed by atoms with Gasteiger partial charge in [-0.2, -0.15) is 13.2 Å². The van der Waals surface area contributed by atoms with E-state index in [0.717, 1.165) is 34.3 Å². The molecule has 0 aliphatic carbocycles. The molecule has 242 valence electrons. The largest absolute Gasteiger partial charge is 0.454 e. The molecule has 0 bridgehead atoms. The molecule has 2 unspecified atom stereocenters. The van der Waals surface area contributed by atoms with E-state index in [-0.39, 0.29) is 36.2 Å². The van der Waals surface area contributed by atoms with Crippen LogP contribution in [-0.4, -0.2) is 66.6 Å². The molecule has 3 aromatic carbocycles. The van der Waals surface area contributed by atoms with Crippen molar-refractivity contribution in [2.24, 2.45) is 0 Å². The lowest BCUT2D eigenvalue weighted by Crippen LogP contribution is -2.55. The standard InChI is InChI=1S/C35H31F3N4O5/c1-41(2)15-14-39-33(43)26-18-24-23-8-3-4-9-25(23)40-31(24)32(21-10-11-28-30(17-21)46-19-45-28)42(26)34(44)29-13-12-27(47-29)20-6-5-7-22(16-20)35(36,37)38/h3-13,16-17,26,32,40H,14-15,18-19H2,1-2H3,(H,39,43). The van der Waals surface area contributed by atoms with Gasteiger partial charge in [0.15, 0.2) is 17.3 Å². The third kappa shape index (κ3) is 5.69. The third-order valence-corrected chi connectivity index (χ3v) is 8.53. The van der Waals surface area contributed by atoms with Gasteiger partial charge < -0.3 is 34.0 Å². The number of nitrogens with zero attached hydrogens (tertiary/aromatic N) is 2. The molecular formula is C35H31F3N4O5. The summed E-state index contributed by atoms with van der Waals surface area (Å²) < 4.78 is 57.5. The Morgan fingerprint density at radius 1 is 0.979 bits per heavy atom. The number of furan rings is 1. The Hall–Kier alpha value is -5.23. The van der Waals surface area contributed by atoms with Crippen LogP contribution in [0.4, 0.5) is 13.2 Å². The van der Waals surface area contributed by atoms with Crippen molar-refractivity contribution in [1.82, 2.24) is 20.1 Å². The van der Waals surface area contributed by atoms with E-state index in [1.165, 1.54) is 29.2 Å². The quantitative estimate of drug-likeness (QED) is 0.225. The Labute approximate surface area is 267 Å². The summed E-state index contributed by atoms with van der Waals surface area (Å²) >= 11 is 0. The Balaban J connectivity index is 1.35. The van der Waals surface area contributed by atoms with Crippen LogP contribution in [-0.2, 0) is 17.4 Å². The number of hydrogen-bond donors (Lipinski definition) is 2. The Kier molecular flexibility index (Phi) is 7.67. The molecule has 9 nitrogen and oxygen atoms in total. The second kappa shape index (κ2) is 11.8. The Morgan fingerprint density at radius 2 is 1.79 bits per heavy atom. The predicted octanol–water partition coefficient (Wildman–Crippen LogP) is 6.01. The average molecular weight is 645 g/mol. The number of para-hydroxylation sites is 1. The Bertz CT molecular complexity index is 1980. The van der Waals surface area contributed by atoms with Crippen molar-refractivity contribution < 1.29 is 36.7 Å². The molecule has 7 rings (SSSR count). The SMILES string of the molecule is CN(C)CCNC(=O)C1Cc2c([nH]c3ccccc23)C(c2ccc3c(c2)OCO3)N1C(=O)c1ccc(-c2cccc(C(F)(F)F)c2)o1. The van der Waals surface area contributed by atoms with Gasteiger partial charge in [0, 0.05) is 41.7 Å². The number of nitrogens with one attached hydrogen (secondary N) is 2. The fraction of sp³-hybridized carbons (Fsp3) is 0.257. The van der Waals surface area contributed by atoms with Gasteiger partial charge in [0.1, 0.15) is 11.8 Å². The summed E-state index contributed by atoms with van der Waals surface area (Å²) in [5.74, 6) is 0.113. The highest BCUT2D eigenvalue weighted by molar-refractivity contribution is 5.98. The zero-order valence-electron chi connectivity index (χ0n) is 25.6. The van der Waals surface area contributed by atoms with Crippen LogP contribution in [0.1, 0.15) is 39.0 Å². The van der Waals surface area contributed by atoms with Crippen LogP contribution in [0.25, 0.3) is 22.2 Å². The minimum Gasteiger partial charge on any atom is -0.454 e. The molecule has 0 radical (unpaired) electrons. The maximum atomic E-state index is 14.6. The van der Waals surface area contributed by atoms with E-state index >= 15 is 0 Å². The number of aromatic amines is 1.